The first-order valence-electron chi connectivity index (χ1n) is 7.30. The Labute approximate surface area is 99.8 Å². The van der Waals surface area contributed by atoms with Crippen LogP contribution in [0, 0.1) is 5.92 Å². The zero-order valence-electron chi connectivity index (χ0n) is 10.8. The molecule has 1 aliphatic carbocycles. The minimum Gasteiger partial charge on any atom is -0.314 e. The van der Waals surface area contributed by atoms with Crippen LogP contribution in [-0.2, 0) is 0 Å². The van der Waals surface area contributed by atoms with Crippen molar-refractivity contribution in [2.45, 2.75) is 76.5 Å². The Morgan fingerprint density at radius 1 is 1.12 bits per heavy atom. The van der Waals surface area contributed by atoms with Crippen LogP contribution in [0.4, 0.5) is 0 Å². The number of rotatable bonds is 3. The topological polar surface area (TPSA) is 15.3 Å². The van der Waals surface area contributed by atoms with Gasteiger partial charge in [-0.25, -0.2) is 0 Å². The van der Waals surface area contributed by atoms with Crippen LogP contribution < -0.4 is 5.32 Å². The van der Waals surface area contributed by atoms with Gasteiger partial charge in [-0.3, -0.25) is 4.90 Å². The van der Waals surface area contributed by atoms with Gasteiger partial charge in [0.15, 0.2) is 0 Å². The Bertz CT molecular complexity index is 239. The van der Waals surface area contributed by atoms with E-state index in [1.54, 1.807) is 0 Å². The Kier molecular flexibility index (Phi) is 2.97. The summed E-state index contributed by atoms with van der Waals surface area (Å²) in [6.07, 6.45) is 8.69. The van der Waals surface area contributed by atoms with Gasteiger partial charge in [-0.15, -0.1) is 0 Å². The zero-order chi connectivity index (χ0) is 11.1. The first kappa shape index (κ1) is 11.0. The van der Waals surface area contributed by atoms with Gasteiger partial charge in [-0.2, -0.15) is 0 Å². The summed E-state index contributed by atoms with van der Waals surface area (Å²) >= 11 is 0. The molecular formula is C14H26N2. The Morgan fingerprint density at radius 3 is 2.25 bits per heavy atom. The smallest absolute Gasteiger partial charge is 0.0130 e. The molecule has 16 heavy (non-hydrogen) atoms. The highest BCUT2D eigenvalue weighted by molar-refractivity contribution is 5.03. The normalized spacial score (nSPS) is 48.0. The summed E-state index contributed by atoms with van der Waals surface area (Å²) in [6.45, 7) is 5.81. The molecule has 0 amide bonds. The van der Waals surface area contributed by atoms with E-state index in [1.165, 1.54) is 38.5 Å². The maximum Gasteiger partial charge on any atom is 0.0130 e. The van der Waals surface area contributed by atoms with Crippen LogP contribution >= 0.6 is 0 Å². The second-order valence-corrected chi connectivity index (χ2v) is 6.19. The molecule has 1 saturated carbocycles. The number of nitrogens with zero attached hydrogens (tertiary/aromatic N) is 1. The Morgan fingerprint density at radius 2 is 1.75 bits per heavy atom. The predicted octanol–water partition coefficient (Wildman–Crippen LogP) is 2.39. The van der Waals surface area contributed by atoms with E-state index in [0.717, 1.165) is 36.6 Å². The fourth-order valence-corrected chi connectivity index (χ4v) is 4.13. The van der Waals surface area contributed by atoms with Crippen LogP contribution in [0.5, 0.6) is 0 Å². The molecule has 0 radical (unpaired) electrons. The summed E-state index contributed by atoms with van der Waals surface area (Å²) in [4.78, 5) is 2.92. The van der Waals surface area contributed by atoms with Gasteiger partial charge in [0.05, 0.1) is 0 Å². The highest BCUT2D eigenvalue weighted by Gasteiger charge is 2.48. The number of hydrogen-bond donors (Lipinski definition) is 1. The zero-order valence-corrected chi connectivity index (χ0v) is 10.8. The first-order chi connectivity index (χ1) is 7.79. The second-order valence-electron chi connectivity index (χ2n) is 6.19. The fraction of sp³-hybridized carbons (Fsp3) is 1.00. The van der Waals surface area contributed by atoms with E-state index in [-0.39, 0.29) is 0 Å². The third-order valence-electron chi connectivity index (χ3n) is 4.97. The lowest BCUT2D eigenvalue weighted by atomic mass is 9.81. The minimum atomic E-state index is 0.811. The largest absolute Gasteiger partial charge is 0.314 e. The van der Waals surface area contributed by atoms with Crippen LogP contribution in [0.1, 0.15) is 52.4 Å². The molecule has 2 heterocycles. The van der Waals surface area contributed by atoms with E-state index in [2.05, 4.69) is 24.1 Å². The highest BCUT2D eigenvalue weighted by atomic mass is 15.3. The van der Waals surface area contributed by atoms with E-state index >= 15 is 0 Å². The van der Waals surface area contributed by atoms with Crippen molar-refractivity contribution in [2.24, 2.45) is 5.92 Å². The van der Waals surface area contributed by atoms with Gasteiger partial charge in [-0.05, 0) is 44.6 Å². The summed E-state index contributed by atoms with van der Waals surface area (Å²) in [5, 5.41) is 3.68. The predicted molar refractivity (Wildman–Crippen MR) is 67.5 cm³/mol. The van der Waals surface area contributed by atoms with Crippen LogP contribution in [0.2, 0.25) is 0 Å². The number of fused-ring (bicyclic) bond motifs is 2. The second kappa shape index (κ2) is 4.30. The van der Waals surface area contributed by atoms with Gasteiger partial charge < -0.3 is 5.32 Å². The molecular weight excluding hydrogens is 196 g/mol. The van der Waals surface area contributed by atoms with Gasteiger partial charge in [-0.1, -0.05) is 20.3 Å². The average molecular weight is 222 g/mol. The van der Waals surface area contributed by atoms with Gasteiger partial charge in [0, 0.05) is 24.2 Å². The molecule has 2 bridgehead atoms. The molecule has 92 valence electrons. The first-order valence-corrected chi connectivity index (χ1v) is 7.30. The van der Waals surface area contributed by atoms with Crippen molar-refractivity contribution < 1.29 is 0 Å². The van der Waals surface area contributed by atoms with Crippen molar-refractivity contribution in [1.29, 1.82) is 0 Å². The molecule has 2 saturated heterocycles. The summed E-state index contributed by atoms with van der Waals surface area (Å²) in [5.41, 5.74) is 0. The molecule has 4 unspecified atom stereocenters. The lowest BCUT2D eigenvalue weighted by Gasteiger charge is -2.49. The Hall–Kier alpha value is -0.0800. The van der Waals surface area contributed by atoms with Crippen molar-refractivity contribution in [3.8, 4) is 0 Å². The third-order valence-corrected chi connectivity index (χ3v) is 4.97. The molecule has 2 aliphatic heterocycles. The molecule has 0 spiro atoms. The summed E-state index contributed by atoms with van der Waals surface area (Å²) in [5.74, 6) is 0.985. The van der Waals surface area contributed by atoms with Crippen LogP contribution in [-0.4, -0.2) is 35.6 Å². The number of piperidine rings is 2. The fourth-order valence-electron chi connectivity index (χ4n) is 4.13. The van der Waals surface area contributed by atoms with E-state index in [4.69, 9.17) is 0 Å². The van der Waals surface area contributed by atoms with Crippen molar-refractivity contribution in [3.63, 3.8) is 0 Å². The van der Waals surface area contributed by atoms with Crippen molar-refractivity contribution in [1.82, 2.24) is 10.2 Å². The summed E-state index contributed by atoms with van der Waals surface area (Å²) in [6, 6.07) is 3.58. The van der Waals surface area contributed by atoms with E-state index in [9.17, 15) is 0 Å². The maximum absolute atomic E-state index is 3.68. The maximum atomic E-state index is 3.68. The Balaban J connectivity index is 1.68. The van der Waals surface area contributed by atoms with E-state index in [0.29, 0.717) is 0 Å². The molecule has 1 N–H and O–H groups in total. The molecule has 3 rings (SSSR count). The minimum absolute atomic E-state index is 0.811. The highest BCUT2D eigenvalue weighted by Crippen LogP contribution is 2.45. The standard InChI is InChI=1S/C14H26N2/c1-3-15-11-8-12-5-4-6-13(9-11)16(12)14-7-10(14)2/h10-15H,3-9H2,1-2H3. The molecule has 0 aromatic heterocycles. The van der Waals surface area contributed by atoms with Gasteiger partial charge in [0.25, 0.3) is 0 Å². The van der Waals surface area contributed by atoms with Gasteiger partial charge in [0.2, 0.25) is 0 Å². The molecule has 3 aliphatic rings. The van der Waals surface area contributed by atoms with Crippen LogP contribution in [0.15, 0.2) is 0 Å². The molecule has 2 heteroatoms. The molecule has 4 atom stereocenters. The monoisotopic (exact) mass is 222 g/mol. The van der Waals surface area contributed by atoms with Crippen LogP contribution in [0.25, 0.3) is 0 Å². The SMILES string of the molecule is CCNC1CC2CCCC(C1)N2C1CC1C. The summed E-state index contributed by atoms with van der Waals surface area (Å²) < 4.78 is 0. The van der Waals surface area contributed by atoms with Gasteiger partial charge in [0.1, 0.15) is 0 Å². The van der Waals surface area contributed by atoms with Gasteiger partial charge >= 0.3 is 0 Å². The quantitative estimate of drug-likeness (QED) is 0.789. The number of nitrogens with one attached hydrogen (secondary N) is 1. The molecule has 3 fully saturated rings. The van der Waals surface area contributed by atoms with Crippen molar-refractivity contribution >= 4 is 0 Å². The van der Waals surface area contributed by atoms with E-state index < -0.39 is 0 Å². The summed E-state index contributed by atoms with van der Waals surface area (Å²) in [7, 11) is 0. The van der Waals surface area contributed by atoms with Crippen molar-refractivity contribution in [3.05, 3.63) is 0 Å². The van der Waals surface area contributed by atoms with Crippen LogP contribution in [0.3, 0.4) is 0 Å². The van der Waals surface area contributed by atoms with Crippen molar-refractivity contribution in [2.75, 3.05) is 6.54 Å². The third kappa shape index (κ3) is 1.91. The molecule has 0 aromatic rings. The lowest BCUT2D eigenvalue weighted by molar-refractivity contribution is 0.0143. The van der Waals surface area contributed by atoms with E-state index in [1.807, 2.05) is 0 Å². The molecule has 2 nitrogen and oxygen atoms in total. The molecule has 0 aromatic carbocycles. The lowest BCUT2D eigenvalue weighted by Crippen LogP contribution is -2.57. The number of hydrogen-bond acceptors (Lipinski definition) is 2. The average Bonchev–Trinajstić information content (AvgIpc) is 2.94.